The summed E-state index contributed by atoms with van der Waals surface area (Å²) in [5, 5.41) is 2.49. The van der Waals surface area contributed by atoms with E-state index in [0.717, 1.165) is 0 Å². The molecule has 0 aliphatic rings. The van der Waals surface area contributed by atoms with E-state index in [9.17, 15) is 9.59 Å². The second-order valence-electron chi connectivity index (χ2n) is 3.70. The van der Waals surface area contributed by atoms with Gasteiger partial charge in [-0.3, -0.25) is 9.59 Å². The Labute approximate surface area is 114 Å². The molecule has 18 heavy (non-hydrogen) atoms. The SMILES string of the molecule is CCN(CC(=O)NC)C(=O)c1cccc(N)c1Br. The highest BCUT2D eigenvalue weighted by atomic mass is 79.9. The van der Waals surface area contributed by atoms with E-state index < -0.39 is 0 Å². The molecule has 1 aromatic carbocycles. The molecule has 0 aromatic heterocycles. The first-order valence-electron chi connectivity index (χ1n) is 5.55. The summed E-state index contributed by atoms with van der Waals surface area (Å²) in [6.07, 6.45) is 0. The van der Waals surface area contributed by atoms with Crippen molar-refractivity contribution in [3.05, 3.63) is 28.2 Å². The number of likely N-dealkylation sites (N-methyl/N-ethyl adjacent to an activating group) is 2. The van der Waals surface area contributed by atoms with Gasteiger partial charge in [0.1, 0.15) is 0 Å². The van der Waals surface area contributed by atoms with Crippen LogP contribution in [0.2, 0.25) is 0 Å². The van der Waals surface area contributed by atoms with Crippen LogP contribution in [0.5, 0.6) is 0 Å². The van der Waals surface area contributed by atoms with E-state index in [-0.39, 0.29) is 18.4 Å². The van der Waals surface area contributed by atoms with Crippen LogP contribution in [0.1, 0.15) is 17.3 Å². The Hall–Kier alpha value is -1.56. The number of carbonyl (C=O) groups is 2. The summed E-state index contributed by atoms with van der Waals surface area (Å²) < 4.78 is 0.561. The van der Waals surface area contributed by atoms with Crippen molar-refractivity contribution in [3.63, 3.8) is 0 Å². The molecule has 1 rings (SSSR count). The maximum absolute atomic E-state index is 12.3. The van der Waals surface area contributed by atoms with Crippen LogP contribution in [0.25, 0.3) is 0 Å². The van der Waals surface area contributed by atoms with Crippen molar-refractivity contribution in [1.29, 1.82) is 0 Å². The smallest absolute Gasteiger partial charge is 0.255 e. The lowest BCUT2D eigenvalue weighted by Crippen LogP contribution is -2.39. The van der Waals surface area contributed by atoms with Crippen LogP contribution in [-0.4, -0.2) is 36.9 Å². The Kier molecular flexibility index (Phi) is 5.15. The average molecular weight is 314 g/mol. The van der Waals surface area contributed by atoms with Crippen molar-refractivity contribution >= 4 is 33.4 Å². The third-order valence-corrected chi connectivity index (χ3v) is 3.43. The van der Waals surface area contributed by atoms with E-state index >= 15 is 0 Å². The molecule has 0 radical (unpaired) electrons. The summed E-state index contributed by atoms with van der Waals surface area (Å²) in [7, 11) is 1.54. The van der Waals surface area contributed by atoms with Crippen LogP contribution in [0.15, 0.2) is 22.7 Å². The number of nitrogen functional groups attached to an aromatic ring is 1. The highest BCUT2D eigenvalue weighted by Crippen LogP contribution is 2.24. The monoisotopic (exact) mass is 313 g/mol. The maximum Gasteiger partial charge on any atom is 0.255 e. The molecular weight excluding hydrogens is 298 g/mol. The normalized spacial score (nSPS) is 9.94. The van der Waals surface area contributed by atoms with Gasteiger partial charge in [0.2, 0.25) is 5.91 Å². The standard InChI is InChI=1S/C12H16BrN3O2/c1-3-16(7-10(17)15-2)12(18)8-5-4-6-9(14)11(8)13/h4-6H,3,7,14H2,1-2H3,(H,15,17). The maximum atomic E-state index is 12.3. The summed E-state index contributed by atoms with van der Waals surface area (Å²) in [6.45, 7) is 2.31. The van der Waals surface area contributed by atoms with E-state index in [4.69, 9.17) is 5.73 Å². The fourth-order valence-corrected chi connectivity index (χ4v) is 1.90. The first-order valence-corrected chi connectivity index (χ1v) is 6.34. The number of nitrogens with one attached hydrogen (secondary N) is 1. The molecule has 5 nitrogen and oxygen atoms in total. The average Bonchev–Trinajstić information content (AvgIpc) is 2.38. The van der Waals surface area contributed by atoms with Crippen LogP contribution in [0.4, 0.5) is 5.69 Å². The zero-order chi connectivity index (χ0) is 13.7. The van der Waals surface area contributed by atoms with Crippen LogP contribution >= 0.6 is 15.9 Å². The molecule has 0 heterocycles. The highest BCUT2D eigenvalue weighted by Gasteiger charge is 2.19. The Balaban J connectivity index is 2.97. The topological polar surface area (TPSA) is 75.4 Å². The number of hydrogen-bond donors (Lipinski definition) is 2. The minimum absolute atomic E-state index is 0.0348. The van der Waals surface area contributed by atoms with Gasteiger partial charge in [-0.2, -0.15) is 0 Å². The lowest BCUT2D eigenvalue weighted by Gasteiger charge is -2.20. The molecule has 3 N–H and O–H groups in total. The number of nitrogens with two attached hydrogens (primary N) is 1. The Morgan fingerprint density at radius 3 is 2.67 bits per heavy atom. The Morgan fingerprint density at radius 1 is 1.44 bits per heavy atom. The molecule has 0 fully saturated rings. The molecule has 0 unspecified atom stereocenters. The number of benzene rings is 1. The van der Waals surface area contributed by atoms with Crippen LogP contribution in [0, 0.1) is 0 Å². The van der Waals surface area contributed by atoms with Crippen molar-refractivity contribution in [2.45, 2.75) is 6.92 Å². The van der Waals surface area contributed by atoms with Gasteiger partial charge in [-0.15, -0.1) is 0 Å². The number of carbonyl (C=O) groups excluding carboxylic acids is 2. The predicted molar refractivity (Wildman–Crippen MR) is 74.2 cm³/mol. The second-order valence-corrected chi connectivity index (χ2v) is 4.49. The number of halogens is 1. The quantitative estimate of drug-likeness (QED) is 0.821. The summed E-state index contributed by atoms with van der Waals surface area (Å²) >= 11 is 3.29. The molecule has 0 aliphatic carbocycles. The van der Waals surface area contributed by atoms with Crippen molar-refractivity contribution < 1.29 is 9.59 Å². The van der Waals surface area contributed by atoms with Gasteiger partial charge >= 0.3 is 0 Å². The highest BCUT2D eigenvalue weighted by molar-refractivity contribution is 9.10. The summed E-state index contributed by atoms with van der Waals surface area (Å²) in [6, 6.07) is 5.09. The number of rotatable bonds is 4. The third kappa shape index (κ3) is 3.22. The molecule has 0 spiro atoms. The number of hydrogen-bond acceptors (Lipinski definition) is 3. The molecule has 0 atom stereocenters. The van der Waals surface area contributed by atoms with Crippen molar-refractivity contribution in [2.24, 2.45) is 0 Å². The molecule has 6 heteroatoms. The van der Waals surface area contributed by atoms with Gasteiger partial charge in [0, 0.05) is 19.3 Å². The molecular formula is C12H16BrN3O2. The molecule has 1 aromatic rings. The van der Waals surface area contributed by atoms with Crippen LogP contribution in [0.3, 0.4) is 0 Å². The summed E-state index contributed by atoms with van der Waals surface area (Å²) in [5.74, 6) is -0.425. The summed E-state index contributed by atoms with van der Waals surface area (Å²) in [4.78, 5) is 25.0. The van der Waals surface area contributed by atoms with E-state index in [1.54, 1.807) is 18.2 Å². The predicted octanol–water partition coefficient (Wildman–Crippen LogP) is 1.24. The van der Waals surface area contributed by atoms with Crippen molar-refractivity contribution in [3.8, 4) is 0 Å². The number of anilines is 1. The number of nitrogens with zero attached hydrogens (tertiary/aromatic N) is 1. The third-order valence-electron chi connectivity index (χ3n) is 2.54. The van der Waals surface area contributed by atoms with E-state index in [0.29, 0.717) is 22.3 Å². The van der Waals surface area contributed by atoms with Gasteiger partial charge in [-0.1, -0.05) is 6.07 Å². The van der Waals surface area contributed by atoms with E-state index in [2.05, 4.69) is 21.2 Å². The minimum atomic E-state index is -0.222. The first kappa shape index (κ1) is 14.5. The fourth-order valence-electron chi connectivity index (χ4n) is 1.46. The van der Waals surface area contributed by atoms with Gasteiger partial charge in [-0.25, -0.2) is 0 Å². The van der Waals surface area contributed by atoms with Gasteiger partial charge in [-0.05, 0) is 35.0 Å². The van der Waals surface area contributed by atoms with Crippen molar-refractivity contribution in [2.75, 3.05) is 25.9 Å². The van der Waals surface area contributed by atoms with Gasteiger partial charge in [0.25, 0.3) is 5.91 Å². The lowest BCUT2D eigenvalue weighted by atomic mass is 10.1. The zero-order valence-corrected chi connectivity index (χ0v) is 12.0. The van der Waals surface area contributed by atoms with Crippen LogP contribution < -0.4 is 11.1 Å². The number of amides is 2. The van der Waals surface area contributed by atoms with Gasteiger partial charge in [0.05, 0.1) is 16.6 Å². The molecule has 0 aliphatic heterocycles. The van der Waals surface area contributed by atoms with Crippen LogP contribution in [-0.2, 0) is 4.79 Å². The molecule has 98 valence electrons. The molecule has 0 saturated carbocycles. The molecule has 0 bridgehead atoms. The van der Waals surface area contributed by atoms with E-state index in [1.807, 2.05) is 6.92 Å². The van der Waals surface area contributed by atoms with Gasteiger partial charge < -0.3 is 16.0 Å². The van der Waals surface area contributed by atoms with Crippen molar-refractivity contribution in [1.82, 2.24) is 10.2 Å². The lowest BCUT2D eigenvalue weighted by molar-refractivity contribution is -0.121. The molecule has 2 amide bonds. The first-order chi connectivity index (χ1) is 8.51. The largest absolute Gasteiger partial charge is 0.398 e. The Bertz CT molecular complexity index is 463. The summed E-state index contributed by atoms with van der Waals surface area (Å²) in [5.41, 5.74) is 6.69. The van der Waals surface area contributed by atoms with Gasteiger partial charge in [0.15, 0.2) is 0 Å². The fraction of sp³-hybridized carbons (Fsp3) is 0.333. The minimum Gasteiger partial charge on any atom is -0.398 e. The zero-order valence-electron chi connectivity index (χ0n) is 10.4. The second kappa shape index (κ2) is 6.39. The molecule has 0 saturated heterocycles. The Morgan fingerprint density at radius 2 is 2.11 bits per heavy atom. The van der Waals surface area contributed by atoms with E-state index in [1.165, 1.54) is 11.9 Å².